The van der Waals surface area contributed by atoms with E-state index in [0.29, 0.717) is 0 Å². The first-order valence-corrected chi connectivity index (χ1v) is 8.00. The molecule has 0 unspecified atom stereocenters. The van der Waals surface area contributed by atoms with E-state index in [1.807, 2.05) is 0 Å². The van der Waals surface area contributed by atoms with Crippen LogP contribution in [0.4, 0.5) is 0 Å². The highest BCUT2D eigenvalue weighted by Gasteiger charge is 2.28. The molecule has 0 aliphatic rings. The van der Waals surface area contributed by atoms with Gasteiger partial charge in [-0.25, -0.2) is 0 Å². The molecule has 0 aromatic heterocycles. The quantitative estimate of drug-likeness (QED) is 0.183. The predicted molar refractivity (Wildman–Crippen MR) is 90.4 cm³/mol. The average molecular weight is 377 g/mol. The van der Waals surface area contributed by atoms with E-state index < -0.39 is 48.2 Å². The Morgan fingerprint density at radius 1 is 1.08 bits per heavy atom. The molecule has 0 fully saturated rings. The Labute approximate surface area is 149 Å². The first-order valence-electron chi connectivity index (χ1n) is 7.37. The molecule has 11 nitrogen and oxygen atoms in total. The molecule has 0 bridgehead atoms. The second-order valence-electron chi connectivity index (χ2n) is 5.07. The number of nitrogens with one attached hydrogen (secondary N) is 3. The van der Waals surface area contributed by atoms with Crippen molar-refractivity contribution in [3.05, 3.63) is 0 Å². The fourth-order valence-corrected chi connectivity index (χ4v) is 1.85. The third kappa shape index (κ3) is 8.91. The van der Waals surface area contributed by atoms with Gasteiger partial charge in [-0.3, -0.25) is 24.0 Å². The smallest absolute Gasteiger partial charge is 0.305 e. The van der Waals surface area contributed by atoms with Crippen molar-refractivity contribution in [2.24, 2.45) is 11.5 Å². The highest BCUT2D eigenvalue weighted by molar-refractivity contribution is 7.80. The topological polar surface area (TPSA) is 194 Å². The van der Waals surface area contributed by atoms with Crippen LogP contribution in [0.25, 0.3) is 0 Å². The van der Waals surface area contributed by atoms with Gasteiger partial charge in [-0.05, 0) is 0 Å². The van der Waals surface area contributed by atoms with Crippen molar-refractivity contribution in [2.45, 2.75) is 37.9 Å². The fraction of sp³-hybridized carbons (Fsp3) is 0.615. The molecule has 0 rings (SSSR count). The van der Waals surface area contributed by atoms with E-state index in [0.717, 1.165) is 0 Å². The lowest BCUT2D eigenvalue weighted by atomic mass is 10.1. The lowest BCUT2D eigenvalue weighted by Crippen LogP contribution is -2.57. The van der Waals surface area contributed by atoms with Crippen LogP contribution < -0.4 is 27.4 Å². The summed E-state index contributed by atoms with van der Waals surface area (Å²) in [6.07, 6.45) is -0.527. The minimum atomic E-state index is -1.47. The number of carboxylic acids is 1. The summed E-state index contributed by atoms with van der Waals surface area (Å²) in [5.74, 6) is -4.38. The number of rotatable bonds is 11. The van der Waals surface area contributed by atoms with E-state index in [2.05, 4.69) is 28.6 Å². The number of carboxylic acid groups (broad SMARTS) is 1. The van der Waals surface area contributed by atoms with Gasteiger partial charge in [-0.2, -0.15) is 12.6 Å². The molecule has 0 aliphatic heterocycles. The van der Waals surface area contributed by atoms with Crippen LogP contribution in [-0.2, 0) is 24.0 Å². The molecule has 12 heteroatoms. The molecule has 0 saturated heterocycles. The van der Waals surface area contributed by atoms with Gasteiger partial charge in [0.2, 0.25) is 23.6 Å². The Bertz CT molecular complexity index is 529. The predicted octanol–water partition coefficient (Wildman–Crippen LogP) is -3.30. The molecule has 0 spiro atoms. The molecule has 0 aromatic rings. The maximum atomic E-state index is 12.1. The lowest BCUT2D eigenvalue weighted by Gasteiger charge is -2.21. The number of nitrogens with two attached hydrogens (primary N) is 2. The third-order valence-electron chi connectivity index (χ3n) is 3.03. The Balaban J connectivity index is 4.88. The van der Waals surface area contributed by atoms with Crippen LogP contribution in [0.1, 0.15) is 19.8 Å². The maximum Gasteiger partial charge on any atom is 0.305 e. The Morgan fingerprint density at radius 2 is 1.64 bits per heavy atom. The van der Waals surface area contributed by atoms with Crippen molar-refractivity contribution in [1.29, 1.82) is 0 Å². The van der Waals surface area contributed by atoms with Crippen LogP contribution in [0.3, 0.4) is 0 Å². The van der Waals surface area contributed by atoms with Gasteiger partial charge < -0.3 is 32.5 Å². The summed E-state index contributed by atoms with van der Waals surface area (Å²) in [6, 6.07) is -3.78. The molecule has 0 heterocycles. The summed E-state index contributed by atoms with van der Waals surface area (Å²) >= 11 is 3.85. The fourth-order valence-electron chi connectivity index (χ4n) is 1.58. The minimum Gasteiger partial charge on any atom is -0.481 e. The van der Waals surface area contributed by atoms with Crippen LogP contribution in [0, 0.1) is 0 Å². The molecule has 0 aliphatic carbocycles. The van der Waals surface area contributed by atoms with Gasteiger partial charge >= 0.3 is 5.97 Å². The first-order chi connectivity index (χ1) is 11.6. The zero-order valence-corrected chi connectivity index (χ0v) is 14.5. The zero-order valence-electron chi connectivity index (χ0n) is 13.7. The van der Waals surface area contributed by atoms with E-state index in [1.54, 1.807) is 6.92 Å². The average Bonchev–Trinajstić information content (AvgIpc) is 2.55. The molecule has 0 radical (unpaired) electrons. The third-order valence-corrected chi connectivity index (χ3v) is 3.40. The molecule has 3 atom stereocenters. The number of amides is 4. The number of thiol groups is 1. The normalized spacial score (nSPS) is 13.9. The minimum absolute atomic E-state index is 0.0998. The van der Waals surface area contributed by atoms with Crippen molar-refractivity contribution >= 4 is 42.2 Å². The molecule has 25 heavy (non-hydrogen) atoms. The number of hydrogen-bond acceptors (Lipinski definition) is 7. The van der Waals surface area contributed by atoms with E-state index in [1.165, 1.54) is 0 Å². The van der Waals surface area contributed by atoms with Crippen LogP contribution in [0.15, 0.2) is 0 Å². The van der Waals surface area contributed by atoms with Gasteiger partial charge in [0.15, 0.2) is 0 Å². The van der Waals surface area contributed by atoms with Gasteiger partial charge in [0.05, 0.1) is 6.42 Å². The largest absolute Gasteiger partial charge is 0.481 e. The molecule has 142 valence electrons. The lowest BCUT2D eigenvalue weighted by molar-refractivity contribution is -0.141. The monoisotopic (exact) mass is 377 g/mol. The number of carbonyl (C=O) groups excluding carboxylic acids is 4. The molecule has 8 N–H and O–H groups in total. The van der Waals surface area contributed by atoms with Gasteiger partial charge in [0.1, 0.15) is 18.1 Å². The second kappa shape index (κ2) is 11.3. The molecule has 4 amide bonds. The van der Waals surface area contributed by atoms with Crippen LogP contribution in [0.5, 0.6) is 0 Å². The molecular formula is C13H23N5O6S. The summed E-state index contributed by atoms with van der Waals surface area (Å²) < 4.78 is 0. The highest BCUT2D eigenvalue weighted by atomic mass is 32.1. The summed E-state index contributed by atoms with van der Waals surface area (Å²) in [6.45, 7) is 1.44. The molecule has 0 saturated carbocycles. The van der Waals surface area contributed by atoms with E-state index in [4.69, 9.17) is 16.6 Å². The summed E-state index contributed by atoms with van der Waals surface area (Å²) in [5, 5.41) is 15.6. The van der Waals surface area contributed by atoms with Gasteiger partial charge in [-0.1, -0.05) is 6.92 Å². The van der Waals surface area contributed by atoms with Crippen molar-refractivity contribution in [1.82, 2.24) is 16.0 Å². The summed E-state index contributed by atoms with van der Waals surface area (Å²) in [5.41, 5.74) is 10.6. The Morgan fingerprint density at radius 3 is 2.08 bits per heavy atom. The highest BCUT2D eigenvalue weighted by Crippen LogP contribution is 1.97. The number of aliphatic carboxylic acids is 1. The standard InChI is InChI=1S/C13H23N5O6S/c1-2-9(19)16-4-6(14)12(23)17-7(3-10(20)21)13(24)18-8(5-25)11(15)22/h6-8,25H,2-5,14H2,1H3,(H2,15,22)(H,16,19)(H,17,23)(H,18,24)(H,20,21)/t6-,7-,8-/m0/s1. The molecular weight excluding hydrogens is 354 g/mol. The van der Waals surface area contributed by atoms with Crippen LogP contribution in [-0.4, -0.2) is 65.1 Å². The second-order valence-corrected chi connectivity index (χ2v) is 5.43. The van der Waals surface area contributed by atoms with E-state index >= 15 is 0 Å². The summed E-state index contributed by atoms with van der Waals surface area (Å²) in [7, 11) is 0. The number of primary amides is 1. The van der Waals surface area contributed by atoms with E-state index in [-0.39, 0.29) is 24.6 Å². The Kier molecular flexibility index (Phi) is 10.2. The first kappa shape index (κ1) is 22.7. The van der Waals surface area contributed by atoms with Crippen molar-refractivity contribution in [3.63, 3.8) is 0 Å². The number of hydrogen-bond donors (Lipinski definition) is 7. The van der Waals surface area contributed by atoms with Gasteiger partial charge in [-0.15, -0.1) is 0 Å². The SMILES string of the molecule is CCC(=O)NC[C@H](N)C(=O)N[C@@H](CC(=O)O)C(=O)N[C@@H](CS)C(N)=O. The maximum absolute atomic E-state index is 12.1. The van der Waals surface area contributed by atoms with Crippen LogP contribution >= 0.6 is 12.6 Å². The zero-order chi connectivity index (χ0) is 19.6. The molecule has 0 aromatic carbocycles. The van der Waals surface area contributed by atoms with E-state index in [9.17, 15) is 24.0 Å². The van der Waals surface area contributed by atoms with Crippen molar-refractivity contribution in [2.75, 3.05) is 12.3 Å². The number of carbonyl (C=O) groups is 5. The van der Waals surface area contributed by atoms with Crippen LogP contribution in [0.2, 0.25) is 0 Å². The van der Waals surface area contributed by atoms with Crippen molar-refractivity contribution < 1.29 is 29.1 Å². The van der Waals surface area contributed by atoms with Gasteiger partial charge in [0.25, 0.3) is 0 Å². The van der Waals surface area contributed by atoms with Crippen molar-refractivity contribution in [3.8, 4) is 0 Å². The van der Waals surface area contributed by atoms with Gasteiger partial charge in [0, 0.05) is 18.7 Å². The summed E-state index contributed by atoms with van der Waals surface area (Å²) in [4.78, 5) is 57.2. The Hall–Kier alpha value is -2.34.